The largest absolute Gasteiger partial charge is 0.323 e. The van der Waals surface area contributed by atoms with Gasteiger partial charge in [0.05, 0.1) is 23.3 Å². The van der Waals surface area contributed by atoms with E-state index in [1.54, 1.807) is 24.3 Å². The third-order valence-electron chi connectivity index (χ3n) is 4.03. The maximum Gasteiger partial charge on any atom is 0.262 e. The van der Waals surface area contributed by atoms with E-state index in [0.29, 0.717) is 22.4 Å². The number of aromatic nitrogens is 4. The molecule has 0 aliphatic carbocycles. The highest BCUT2D eigenvalue weighted by Gasteiger charge is 2.14. The molecule has 2 aromatic heterocycles. The summed E-state index contributed by atoms with van der Waals surface area (Å²) < 4.78 is 28.1. The third-order valence-corrected chi connectivity index (χ3v) is 5.16. The van der Waals surface area contributed by atoms with E-state index in [1.165, 1.54) is 10.9 Å². The Bertz CT molecular complexity index is 1310. The number of carbonyl (C=O) groups is 1. The Morgan fingerprint density at radius 3 is 2.70 bits per heavy atom. The van der Waals surface area contributed by atoms with Gasteiger partial charge in [-0.15, -0.1) is 0 Å². The molecular weight excluding hydrogens is 436 g/mol. The molecule has 4 aromatic rings. The Balaban J connectivity index is 1.54. The van der Waals surface area contributed by atoms with E-state index in [1.807, 2.05) is 0 Å². The number of hydrogen-bond acceptors (Lipinski definition) is 5. The normalized spacial score (nSPS) is 11.0. The summed E-state index contributed by atoms with van der Waals surface area (Å²) >= 11 is 6.86. The molecule has 0 unspecified atom stereocenters. The van der Waals surface area contributed by atoms with Gasteiger partial charge in [-0.2, -0.15) is 5.10 Å². The molecule has 4 rings (SSSR count). The van der Waals surface area contributed by atoms with Gasteiger partial charge in [-0.05, 0) is 36.4 Å². The predicted octanol–water partition coefficient (Wildman–Crippen LogP) is 3.77. The van der Waals surface area contributed by atoms with Crippen LogP contribution in [-0.4, -0.2) is 31.4 Å². The summed E-state index contributed by atoms with van der Waals surface area (Å²) in [6.07, 6.45) is 1.40. The summed E-state index contributed by atoms with van der Waals surface area (Å²) in [7, 11) is 0. The van der Waals surface area contributed by atoms with Crippen molar-refractivity contribution in [1.82, 2.24) is 19.7 Å². The van der Waals surface area contributed by atoms with Gasteiger partial charge < -0.3 is 10.3 Å². The van der Waals surface area contributed by atoms with Crippen LogP contribution >= 0.6 is 23.4 Å². The molecule has 0 aliphatic rings. The van der Waals surface area contributed by atoms with Crippen LogP contribution in [-0.2, 0) is 4.79 Å². The van der Waals surface area contributed by atoms with Gasteiger partial charge in [0.15, 0.2) is 10.8 Å². The summed E-state index contributed by atoms with van der Waals surface area (Å²) in [5.41, 5.74) is 0.425. The van der Waals surface area contributed by atoms with Crippen molar-refractivity contribution in [1.29, 1.82) is 0 Å². The van der Waals surface area contributed by atoms with Crippen molar-refractivity contribution in [3.63, 3.8) is 0 Å². The molecule has 0 radical (unpaired) electrons. The zero-order valence-corrected chi connectivity index (χ0v) is 16.6. The predicted molar refractivity (Wildman–Crippen MR) is 110 cm³/mol. The lowest BCUT2D eigenvalue weighted by atomic mass is 10.3. The number of benzene rings is 2. The number of thioether (sulfide) groups is 1. The van der Waals surface area contributed by atoms with Gasteiger partial charge in [0, 0.05) is 11.1 Å². The van der Waals surface area contributed by atoms with Crippen molar-refractivity contribution in [2.45, 2.75) is 5.16 Å². The molecule has 11 heteroatoms. The molecule has 0 saturated heterocycles. The number of nitrogens with zero attached hydrogens (tertiary/aromatic N) is 3. The lowest BCUT2D eigenvalue weighted by Crippen LogP contribution is -2.16. The second kappa shape index (κ2) is 8.25. The second-order valence-electron chi connectivity index (χ2n) is 6.10. The first-order chi connectivity index (χ1) is 14.4. The van der Waals surface area contributed by atoms with E-state index in [4.69, 9.17) is 11.6 Å². The number of amides is 1. The molecule has 7 nitrogen and oxygen atoms in total. The molecule has 0 bridgehead atoms. The number of fused-ring (bicyclic) bond motifs is 1. The van der Waals surface area contributed by atoms with Crippen LogP contribution in [0.3, 0.4) is 0 Å². The molecule has 1 amide bonds. The van der Waals surface area contributed by atoms with Crippen LogP contribution in [0.4, 0.5) is 14.5 Å². The van der Waals surface area contributed by atoms with Crippen molar-refractivity contribution >= 4 is 46.0 Å². The standard InChI is InChI=1S/C19H12ClF2N5O2S/c20-10-1-4-12(5-2-10)27-17-13(8-23-27)18(29)26-19(25-17)30-9-16(28)24-15-6-3-11(21)7-14(15)22/h1-8H,9H2,(H,24,28)(H,25,26,29). The Labute approximate surface area is 177 Å². The molecule has 0 atom stereocenters. The van der Waals surface area contributed by atoms with Crippen LogP contribution in [0.1, 0.15) is 0 Å². The Hall–Kier alpha value is -3.24. The Morgan fingerprint density at radius 2 is 1.97 bits per heavy atom. The van der Waals surface area contributed by atoms with E-state index >= 15 is 0 Å². The van der Waals surface area contributed by atoms with Crippen molar-refractivity contribution < 1.29 is 13.6 Å². The van der Waals surface area contributed by atoms with E-state index in [0.717, 1.165) is 23.9 Å². The fourth-order valence-electron chi connectivity index (χ4n) is 2.65. The van der Waals surface area contributed by atoms with Crippen molar-refractivity contribution in [3.8, 4) is 5.69 Å². The average molecular weight is 448 g/mol. The van der Waals surface area contributed by atoms with Crippen molar-refractivity contribution in [2.24, 2.45) is 0 Å². The van der Waals surface area contributed by atoms with Crippen LogP contribution in [0.5, 0.6) is 0 Å². The van der Waals surface area contributed by atoms with Gasteiger partial charge in [-0.1, -0.05) is 23.4 Å². The van der Waals surface area contributed by atoms with Gasteiger partial charge in [0.1, 0.15) is 17.0 Å². The fraction of sp³-hybridized carbons (Fsp3) is 0.0526. The number of carbonyl (C=O) groups excluding carboxylic acids is 1. The molecule has 0 fully saturated rings. The summed E-state index contributed by atoms with van der Waals surface area (Å²) in [6.45, 7) is 0. The van der Waals surface area contributed by atoms with Crippen molar-refractivity contribution in [3.05, 3.63) is 75.7 Å². The minimum absolute atomic E-state index is 0.139. The van der Waals surface area contributed by atoms with Crippen LogP contribution < -0.4 is 10.9 Å². The SMILES string of the molecule is O=C(CSc1nc2c(cnn2-c2ccc(Cl)cc2)c(=O)[nH]1)Nc1ccc(F)cc1F. The summed E-state index contributed by atoms with van der Waals surface area (Å²) in [6, 6.07) is 9.68. The summed E-state index contributed by atoms with van der Waals surface area (Å²) in [4.78, 5) is 31.4. The molecular formula is C19H12ClF2N5O2S. The first-order valence-corrected chi connectivity index (χ1v) is 9.89. The maximum absolute atomic E-state index is 13.7. The lowest BCUT2D eigenvalue weighted by molar-refractivity contribution is -0.113. The topological polar surface area (TPSA) is 92.7 Å². The molecule has 0 spiro atoms. The lowest BCUT2D eigenvalue weighted by Gasteiger charge is -2.07. The van der Waals surface area contributed by atoms with Gasteiger partial charge in [0.25, 0.3) is 5.56 Å². The number of rotatable bonds is 5. The van der Waals surface area contributed by atoms with Crippen LogP contribution in [0, 0.1) is 11.6 Å². The number of nitrogens with one attached hydrogen (secondary N) is 2. The Kier molecular flexibility index (Phi) is 5.51. The molecule has 2 N–H and O–H groups in total. The number of hydrogen-bond donors (Lipinski definition) is 2. The molecule has 0 saturated carbocycles. The fourth-order valence-corrected chi connectivity index (χ4v) is 3.43. The molecule has 152 valence electrons. The molecule has 0 aliphatic heterocycles. The number of halogens is 3. The van der Waals surface area contributed by atoms with E-state index in [-0.39, 0.29) is 22.0 Å². The average Bonchev–Trinajstić information content (AvgIpc) is 3.14. The zero-order valence-electron chi connectivity index (χ0n) is 15.0. The van der Waals surface area contributed by atoms with Gasteiger partial charge >= 0.3 is 0 Å². The highest BCUT2D eigenvalue weighted by atomic mass is 35.5. The minimum Gasteiger partial charge on any atom is -0.323 e. The highest BCUT2D eigenvalue weighted by molar-refractivity contribution is 7.99. The van der Waals surface area contributed by atoms with Crippen molar-refractivity contribution in [2.75, 3.05) is 11.1 Å². The number of anilines is 1. The van der Waals surface area contributed by atoms with Crippen LogP contribution in [0.25, 0.3) is 16.7 Å². The quantitative estimate of drug-likeness (QED) is 0.359. The van der Waals surface area contributed by atoms with Crippen LogP contribution in [0.2, 0.25) is 5.02 Å². The minimum atomic E-state index is -0.881. The molecule has 30 heavy (non-hydrogen) atoms. The summed E-state index contributed by atoms with van der Waals surface area (Å²) in [5, 5.41) is 7.57. The Morgan fingerprint density at radius 1 is 1.20 bits per heavy atom. The zero-order chi connectivity index (χ0) is 21.3. The smallest absolute Gasteiger partial charge is 0.262 e. The third kappa shape index (κ3) is 4.19. The molecule has 2 heterocycles. The first kappa shape index (κ1) is 20.0. The number of H-pyrrole nitrogens is 1. The van der Waals surface area contributed by atoms with Gasteiger partial charge in [-0.3, -0.25) is 9.59 Å². The van der Waals surface area contributed by atoms with E-state index < -0.39 is 23.1 Å². The summed E-state index contributed by atoms with van der Waals surface area (Å²) in [5.74, 6) is -2.32. The number of aromatic amines is 1. The second-order valence-corrected chi connectivity index (χ2v) is 7.50. The van der Waals surface area contributed by atoms with Gasteiger partial charge in [0.2, 0.25) is 5.91 Å². The first-order valence-electron chi connectivity index (χ1n) is 8.52. The van der Waals surface area contributed by atoms with E-state index in [9.17, 15) is 18.4 Å². The maximum atomic E-state index is 13.7. The van der Waals surface area contributed by atoms with Gasteiger partial charge in [-0.25, -0.2) is 18.4 Å². The molecule has 2 aromatic carbocycles. The van der Waals surface area contributed by atoms with E-state index in [2.05, 4.69) is 20.4 Å². The highest BCUT2D eigenvalue weighted by Crippen LogP contribution is 2.20. The monoisotopic (exact) mass is 447 g/mol. The van der Waals surface area contributed by atoms with Crippen LogP contribution in [0.15, 0.2) is 58.6 Å².